The van der Waals surface area contributed by atoms with Crippen LogP contribution in [0.4, 0.5) is 13.2 Å². The molecule has 1 nitrogen and oxygen atoms in total. The van der Waals surface area contributed by atoms with Crippen molar-refractivity contribution in [3.05, 3.63) is 41.2 Å². The largest absolute Gasteiger partial charge is 0.490 e. The fraction of sp³-hybridized carbons (Fsp3) is 0.700. The van der Waals surface area contributed by atoms with Crippen molar-refractivity contribution in [2.24, 2.45) is 29.6 Å². The van der Waals surface area contributed by atoms with Gasteiger partial charge in [0, 0.05) is 11.1 Å². The molecule has 0 spiro atoms. The molecule has 0 radical (unpaired) electrons. The average Bonchev–Trinajstić information content (AvgIpc) is 3.04. The van der Waals surface area contributed by atoms with Gasteiger partial charge in [-0.1, -0.05) is 96.6 Å². The minimum atomic E-state index is -0.975. The van der Waals surface area contributed by atoms with Crippen LogP contribution in [-0.2, 0) is 0 Å². The van der Waals surface area contributed by atoms with Crippen molar-refractivity contribution >= 4 is 0 Å². The Labute approximate surface area is 264 Å². The van der Waals surface area contributed by atoms with Crippen LogP contribution in [0.3, 0.4) is 0 Å². The lowest BCUT2D eigenvalue weighted by atomic mass is 9.67. The number of unbranched alkanes of at least 4 members (excludes halogenated alkanes) is 3. The van der Waals surface area contributed by atoms with E-state index in [0.29, 0.717) is 29.2 Å². The molecule has 4 aliphatic carbocycles. The van der Waals surface area contributed by atoms with Gasteiger partial charge < -0.3 is 4.74 Å². The van der Waals surface area contributed by atoms with Crippen molar-refractivity contribution < 1.29 is 17.9 Å². The standard InChI is InChI=1S/C40H55F3O/c1-3-5-7-9-27-10-12-28(13-11-27)25-44-35-24-34-33-23-22-32(38(41)36(33)37(34)40(43)39(35)42)31-20-18-30(19-21-31)29-16-14-26(15-17-29)8-6-4-2/h22-24,26-31H,3-21,25H2,1-2H3. The molecule has 0 heterocycles. The topological polar surface area (TPSA) is 9.23 Å². The molecule has 242 valence electrons. The average molecular weight is 609 g/mol. The summed E-state index contributed by atoms with van der Waals surface area (Å²) in [5.74, 6) is 1.58. The van der Waals surface area contributed by atoms with E-state index in [1.54, 1.807) is 6.07 Å². The Hall–Kier alpha value is -1.97. The summed E-state index contributed by atoms with van der Waals surface area (Å²) in [6, 6.07) is 5.45. The summed E-state index contributed by atoms with van der Waals surface area (Å²) >= 11 is 0. The number of halogens is 3. The van der Waals surface area contributed by atoms with Gasteiger partial charge in [0.1, 0.15) is 5.82 Å². The fourth-order valence-corrected chi connectivity index (χ4v) is 9.40. The van der Waals surface area contributed by atoms with Crippen LogP contribution in [0.25, 0.3) is 22.3 Å². The number of fused-ring (bicyclic) bond motifs is 4. The molecule has 0 saturated heterocycles. The van der Waals surface area contributed by atoms with Gasteiger partial charge in [0.15, 0.2) is 11.6 Å². The van der Waals surface area contributed by atoms with Crippen molar-refractivity contribution in [1.82, 2.24) is 0 Å². The Balaban J connectivity index is 1.04. The van der Waals surface area contributed by atoms with Crippen LogP contribution in [0.5, 0.6) is 5.75 Å². The molecule has 4 heteroatoms. The molecule has 0 atom stereocenters. The van der Waals surface area contributed by atoms with Crippen molar-refractivity contribution in [1.29, 1.82) is 0 Å². The van der Waals surface area contributed by atoms with Crippen LogP contribution in [-0.4, -0.2) is 6.61 Å². The summed E-state index contributed by atoms with van der Waals surface area (Å²) in [6.07, 6.45) is 23.6. The van der Waals surface area contributed by atoms with Gasteiger partial charge in [-0.2, -0.15) is 4.39 Å². The Morgan fingerprint density at radius 2 is 1.16 bits per heavy atom. The summed E-state index contributed by atoms with van der Waals surface area (Å²) in [5.41, 5.74) is 2.34. The molecule has 0 aliphatic heterocycles. The second-order valence-electron chi connectivity index (χ2n) is 15.0. The van der Waals surface area contributed by atoms with E-state index in [9.17, 15) is 0 Å². The van der Waals surface area contributed by atoms with Gasteiger partial charge in [-0.25, -0.2) is 8.78 Å². The lowest BCUT2D eigenvalue weighted by molar-refractivity contribution is 0.155. The molecule has 3 fully saturated rings. The summed E-state index contributed by atoms with van der Waals surface area (Å²) < 4.78 is 52.5. The normalized spacial score (nSPS) is 28.2. The molecule has 4 aliphatic rings. The summed E-state index contributed by atoms with van der Waals surface area (Å²) in [7, 11) is 0. The number of rotatable bonds is 12. The maximum Gasteiger partial charge on any atom is 0.201 e. The first-order valence-electron chi connectivity index (χ1n) is 18.5. The van der Waals surface area contributed by atoms with Gasteiger partial charge in [-0.15, -0.1) is 0 Å². The molecule has 44 heavy (non-hydrogen) atoms. The van der Waals surface area contributed by atoms with Gasteiger partial charge >= 0.3 is 0 Å². The Bertz CT molecular complexity index is 1250. The third-order valence-corrected chi connectivity index (χ3v) is 12.3. The van der Waals surface area contributed by atoms with Crippen molar-refractivity contribution in [3.8, 4) is 28.0 Å². The molecule has 2 aromatic rings. The summed E-state index contributed by atoms with van der Waals surface area (Å²) in [6.45, 7) is 4.94. The quantitative estimate of drug-likeness (QED) is 0.186. The fourth-order valence-electron chi connectivity index (χ4n) is 9.40. The Kier molecular flexibility index (Phi) is 10.6. The number of ether oxygens (including phenoxy) is 1. The van der Waals surface area contributed by atoms with Crippen LogP contribution in [0, 0.1) is 47.0 Å². The van der Waals surface area contributed by atoms with Crippen molar-refractivity contribution in [2.75, 3.05) is 6.61 Å². The van der Waals surface area contributed by atoms with E-state index in [1.165, 1.54) is 83.5 Å². The molecular weight excluding hydrogens is 553 g/mol. The lowest BCUT2D eigenvalue weighted by Crippen LogP contribution is -2.25. The molecule has 0 unspecified atom stereocenters. The van der Waals surface area contributed by atoms with E-state index in [-0.39, 0.29) is 28.6 Å². The van der Waals surface area contributed by atoms with E-state index in [4.69, 9.17) is 4.74 Å². The molecule has 0 bridgehead atoms. The number of hydrogen-bond acceptors (Lipinski definition) is 1. The van der Waals surface area contributed by atoms with E-state index >= 15 is 13.2 Å². The van der Waals surface area contributed by atoms with Crippen molar-refractivity contribution in [3.63, 3.8) is 0 Å². The third-order valence-electron chi connectivity index (χ3n) is 12.3. The Morgan fingerprint density at radius 1 is 0.591 bits per heavy atom. The van der Waals surface area contributed by atoms with Crippen LogP contribution >= 0.6 is 0 Å². The predicted molar refractivity (Wildman–Crippen MR) is 176 cm³/mol. The van der Waals surface area contributed by atoms with Crippen molar-refractivity contribution in [2.45, 2.75) is 142 Å². The maximum absolute atomic E-state index is 16.0. The molecule has 2 aromatic carbocycles. The highest BCUT2D eigenvalue weighted by Gasteiger charge is 2.37. The highest BCUT2D eigenvalue weighted by molar-refractivity contribution is 6.03. The van der Waals surface area contributed by atoms with E-state index in [0.717, 1.165) is 62.2 Å². The monoisotopic (exact) mass is 608 g/mol. The highest BCUT2D eigenvalue weighted by Crippen LogP contribution is 2.54. The first kappa shape index (κ1) is 32.0. The molecule has 0 N–H and O–H groups in total. The minimum absolute atomic E-state index is 0.0285. The lowest BCUT2D eigenvalue weighted by Gasteiger charge is -2.38. The molecule has 3 saturated carbocycles. The second kappa shape index (κ2) is 14.6. The van der Waals surface area contributed by atoms with Gasteiger partial charge in [0.25, 0.3) is 0 Å². The van der Waals surface area contributed by atoms with E-state index < -0.39 is 11.6 Å². The molecule has 0 amide bonds. The first-order chi connectivity index (χ1) is 21.5. The smallest absolute Gasteiger partial charge is 0.201 e. The maximum atomic E-state index is 16.0. The number of hydrogen-bond donors (Lipinski definition) is 0. The zero-order valence-corrected chi connectivity index (χ0v) is 27.4. The molecular formula is C40H55F3O. The minimum Gasteiger partial charge on any atom is -0.490 e. The third kappa shape index (κ3) is 6.75. The summed E-state index contributed by atoms with van der Waals surface area (Å²) in [4.78, 5) is 0. The Morgan fingerprint density at radius 3 is 1.82 bits per heavy atom. The summed E-state index contributed by atoms with van der Waals surface area (Å²) in [5, 5.41) is 0. The van der Waals surface area contributed by atoms with E-state index in [2.05, 4.69) is 13.8 Å². The van der Waals surface area contributed by atoms with Crippen LogP contribution in [0.1, 0.15) is 147 Å². The highest BCUT2D eigenvalue weighted by atomic mass is 19.2. The van der Waals surface area contributed by atoms with Gasteiger partial charge in [-0.05, 0) is 110 Å². The molecule has 6 rings (SSSR count). The zero-order chi connectivity index (χ0) is 30.6. The van der Waals surface area contributed by atoms with E-state index in [1.807, 2.05) is 12.1 Å². The van der Waals surface area contributed by atoms with Crippen LogP contribution < -0.4 is 4.74 Å². The van der Waals surface area contributed by atoms with Gasteiger partial charge in [0.05, 0.1) is 6.61 Å². The number of benzene rings is 2. The second-order valence-corrected chi connectivity index (χ2v) is 15.0. The van der Waals surface area contributed by atoms with Gasteiger partial charge in [-0.3, -0.25) is 0 Å². The van der Waals surface area contributed by atoms with Crippen LogP contribution in [0.2, 0.25) is 0 Å². The zero-order valence-electron chi connectivity index (χ0n) is 27.4. The van der Waals surface area contributed by atoms with Gasteiger partial charge in [0.2, 0.25) is 5.82 Å². The molecule has 0 aromatic heterocycles. The van der Waals surface area contributed by atoms with Crippen LogP contribution in [0.15, 0.2) is 18.2 Å². The predicted octanol–water partition coefficient (Wildman–Crippen LogP) is 12.8. The SMILES string of the molecule is CCCCCC1CCC(COc2cc3c(c(F)c2F)-c2c-3ccc(C3CCC(C4CCC(CCCC)CC4)CC3)c2F)CC1. The first-order valence-corrected chi connectivity index (χ1v) is 18.5.